The summed E-state index contributed by atoms with van der Waals surface area (Å²) >= 11 is 5.96. The molecule has 1 saturated heterocycles. The van der Waals surface area contributed by atoms with Gasteiger partial charge < -0.3 is 5.32 Å². The Kier molecular flexibility index (Phi) is 6.61. The minimum absolute atomic E-state index is 0.0241. The lowest BCUT2D eigenvalue weighted by Gasteiger charge is -2.30. The molecule has 1 aliphatic heterocycles. The lowest BCUT2D eigenvalue weighted by Crippen LogP contribution is -2.42. The summed E-state index contributed by atoms with van der Waals surface area (Å²) < 4.78 is 40.7. The second-order valence-corrected chi connectivity index (χ2v) is 9.74. The number of nitrogens with one attached hydrogen (secondary N) is 1. The summed E-state index contributed by atoms with van der Waals surface area (Å²) in [6, 6.07) is 9.84. The van der Waals surface area contributed by atoms with Gasteiger partial charge in [-0.15, -0.1) is 0 Å². The van der Waals surface area contributed by atoms with E-state index in [9.17, 15) is 17.6 Å². The van der Waals surface area contributed by atoms with Gasteiger partial charge in [-0.2, -0.15) is 0 Å². The van der Waals surface area contributed by atoms with E-state index in [2.05, 4.69) is 5.32 Å². The van der Waals surface area contributed by atoms with Crippen LogP contribution in [0.1, 0.15) is 29.5 Å². The Bertz CT molecular complexity index is 998. The summed E-state index contributed by atoms with van der Waals surface area (Å²) in [5, 5.41) is 3.05. The van der Waals surface area contributed by atoms with Crippen LogP contribution < -0.4 is 5.32 Å². The second kappa shape index (κ2) is 8.81. The average Bonchev–Trinajstić information content (AvgIpc) is 2.68. The molecular weight excluding hydrogens is 415 g/mol. The number of rotatable bonds is 5. The van der Waals surface area contributed by atoms with E-state index in [0.717, 1.165) is 16.8 Å². The first-order valence-electron chi connectivity index (χ1n) is 9.47. The molecule has 1 N–H and O–H groups in total. The van der Waals surface area contributed by atoms with Crippen LogP contribution in [0.3, 0.4) is 0 Å². The molecule has 2 aromatic rings. The van der Waals surface area contributed by atoms with E-state index in [0.29, 0.717) is 12.8 Å². The van der Waals surface area contributed by atoms with E-state index in [1.807, 2.05) is 32.0 Å². The number of hydrogen-bond donors (Lipinski definition) is 1. The molecule has 29 heavy (non-hydrogen) atoms. The number of carbonyl (C=O) groups excluding carboxylic acids is 1. The summed E-state index contributed by atoms with van der Waals surface area (Å²) in [4.78, 5) is 12.6. The van der Waals surface area contributed by atoms with E-state index >= 15 is 0 Å². The third-order valence-corrected chi connectivity index (χ3v) is 7.63. The number of nitrogens with zero attached hydrogens (tertiary/aromatic N) is 1. The van der Waals surface area contributed by atoms with Crippen LogP contribution in [0, 0.1) is 25.6 Å². The van der Waals surface area contributed by atoms with E-state index in [1.54, 1.807) is 0 Å². The summed E-state index contributed by atoms with van der Waals surface area (Å²) in [6.07, 6.45) is 0.835. The molecule has 5 nitrogen and oxygen atoms in total. The van der Waals surface area contributed by atoms with E-state index in [-0.39, 0.29) is 35.5 Å². The monoisotopic (exact) mass is 438 g/mol. The summed E-state index contributed by atoms with van der Waals surface area (Å²) in [5.74, 6) is -1.49. The van der Waals surface area contributed by atoms with Crippen LogP contribution in [0.4, 0.5) is 10.1 Å². The first kappa shape index (κ1) is 21.7. The molecule has 1 aliphatic rings. The Morgan fingerprint density at radius 3 is 2.48 bits per heavy atom. The number of amides is 1. The zero-order chi connectivity index (χ0) is 21.2. The van der Waals surface area contributed by atoms with Gasteiger partial charge >= 0.3 is 0 Å². The van der Waals surface area contributed by atoms with Gasteiger partial charge in [0.1, 0.15) is 5.82 Å². The Labute approximate surface area is 175 Å². The van der Waals surface area contributed by atoms with Crippen molar-refractivity contribution in [3.63, 3.8) is 0 Å². The number of carbonyl (C=O) groups is 1. The topological polar surface area (TPSA) is 66.5 Å². The molecule has 0 aliphatic carbocycles. The SMILES string of the molecule is Cc1cccc(NC(=O)C2CCN(S(=O)(=O)Cc3c(F)cccc3Cl)CC2)c1C. The summed E-state index contributed by atoms with van der Waals surface area (Å²) in [6.45, 7) is 4.38. The van der Waals surface area contributed by atoms with Crippen molar-refractivity contribution in [3.05, 3.63) is 63.9 Å². The smallest absolute Gasteiger partial charge is 0.227 e. The molecule has 1 amide bonds. The number of aryl methyl sites for hydroxylation is 1. The summed E-state index contributed by atoms with van der Waals surface area (Å²) in [7, 11) is -3.72. The molecule has 0 bridgehead atoms. The largest absolute Gasteiger partial charge is 0.326 e. The highest BCUT2D eigenvalue weighted by atomic mass is 35.5. The van der Waals surface area contributed by atoms with Crippen molar-refractivity contribution in [2.24, 2.45) is 5.92 Å². The number of halogens is 2. The molecule has 0 saturated carbocycles. The molecule has 0 aromatic heterocycles. The molecule has 8 heteroatoms. The molecule has 0 unspecified atom stereocenters. The Balaban J connectivity index is 1.62. The van der Waals surface area contributed by atoms with Gasteiger partial charge in [0.15, 0.2) is 0 Å². The number of sulfonamides is 1. The van der Waals surface area contributed by atoms with Gasteiger partial charge in [-0.25, -0.2) is 17.1 Å². The fourth-order valence-electron chi connectivity index (χ4n) is 3.46. The molecule has 2 aromatic carbocycles. The predicted octanol–water partition coefficient (Wildman–Crippen LogP) is 4.28. The minimum Gasteiger partial charge on any atom is -0.326 e. The van der Waals surface area contributed by atoms with E-state index in [4.69, 9.17) is 11.6 Å². The van der Waals surface area contributed by atoms with Crippen molar-refractivity contribution in [1.82, 2.24) is 4.31 Å². The lowest BCUT2D eigenvalue weighted by atomic mass is 9.97. The van der Waals surface area contributed by atoms with Gasteiger partial charge in [-0.1, -0.05) is 29.8 Å². The number of benzene rings is 2. The quantitative estimate of drug-likeness (QED) is 0.757. The fraction of sp³-hybridized carbons (Fsp3) is 0.381. The Morgan fingerprint density at radius 2 is 1.83 bits per heavy atom. The average molecular weight is 439 g/mol. The van der Waals surface area contributed by atoms with Crippen LogP contribution in [-0.2, 0) is 20.6 Å². The highest BCUT2D eigenvalue weighted by molar-refractivity contribution is 7.88. The standard InChI is InChI=1S/C21H24ClFN2O3S/c1-14-5-3-8-20(15(14)2)24-21(26)16-9-11-25(12-10-16)29(27,28)13-17-18(22)6-4-7-19(17)23/h3-8,16H,9-13H2,1-2H3,(H,24,26). The van der Waals surface area contributed by atoms with Crippen molar-refractivity contribution < 1.29 is 17.6 Å². The molecule has 0 atom stereocenters. The Morgan fingerprint density at radius 1 is 1.17 bits per heavy atom. The molecule has 1 heterocycles. The van der Waals surface area contributed by atoms with Crippen LogP contribution >= 0.6 is 11.6 Å². The normalized spacial score (nSPS) is 16.0. The fourth-order valence-corrected chi connectivity index (χ4v) is 5.38. The van der Waals surface area contributed by atoms with E-state index in [1.165, 1.54) is 22.5 Å². The number of hydrogen-bond acceptors (Lipinski definition) is 3. The first-order valence-corrected chi connectivity index (χ1v) is 11.5. The van der Waals surface area contributed by atoms with Gasteiger partial charge in [0.25, 0.3) is 0 Å². The van der Waals surface area contributed by atoms with Crippen LogP contribution in [-0.4, -0.2) is 31.7 Å². The zero-order valence-corrected chi connectivity index (χ0v) is 18.0. The molecule has 156 valence electrons. The van der Waals surface area contributed by atoms with Gasteiger partial charge in [0, 0.05) is 35.3 Å². The van der Waals surface area contributed by atoms with Crippen LogP contribution in [0.15, 0.2) is 36.4 Å². The van der Waals surface area contributed by atoms with Crippen molar-refractivity contribution in [2.75, 3.05) is 18.4 Å². The minimum atomic E-state index is -3.72. The van der Waals surface area contributed by atoms with Crippen molar-refractivity contribution >= 4 is 33.2 Å². The van der Waals surface area contributed by atoms with Gasteiger partial charge in [0.2, 0.25) is 15.9 Å². The first-order chi connectivity index (χ1) is 13.7. The second-order valence-electron chi connectivity index (χ2n) is 7.37. The number of piperidine rings is 1. The number of anilines is 1. The van der Waals surface area contributed by atoms with Crippen LogP contribution in [0.25, 0.3) is 0 Å². The third-order valence-electron chi connectivity index (χ3n) is 5.47. The molecule has 0 spiro atoms. The molecule has 0 radical (unpaired) electrons. The highest BCUT2D eigenvalue weighted by Crippen LogP contribution is 2.27. The van der Waals surface area contributed by atoms with Crippen molar-refractivity contribution in [1.29, 1.82) is 0 Å². The highest BCUT2D eigenvalue weighted by Gasteiger charge is 2.32. The molecule has 1 fully saturated rings. The molecular formula is C21H24ClFN2O3S. The van der Waals surface area contributed by atoms with Gasteiger partial charge in [-0.05, 0) is 56.0 Å². The van der Waals surface area contributed by atoms with Crippen LogP contribution in [0.5, 0.6) is 0 Å². The van der Waals surface area contributed by atoms with Crippen molar-refractivity contribution in [3.8, 4) is 0 Å². The van der Waals surface area contributed by atoms with Crippen LogP contribution in [0.2, 0.25) is 5.02 Å². The maximum absolute atomic E-state index is 14.0. The maximum Gasteiger partial charge on any atom is 0.227 e. The zero-order valence-electron chi connectivity index (χ0n) is 16.4. The van der Waals surface area contributed by atoms with Gasteiger partial charge in [0.05, 0.1) is 5.75 Å². The predicted molar refractivity (Wildman–Crippen MR) is 113 cm³/mol. The molecule has 3 rings (SSSR count). The third kappa shape index (κ3) is 4.97. The van der Waals surface area contributed by atoms with Gasteiger partial charge in [-0.3, -0.25) is 4.79 Å². The van der Waals surface area contributed by atoms with Crippen molar-refractivity contribution in [2.45, 2.75) is 32.4 Å². The van der Waals surface area contributed by atoms with E-state index < -0.39 is 21.6 Å². The summed E-state index contributed by atoms with van der Waals surface area (Å²) in [5.41, 5.74) is 2.86. The Hall–Kier alpha value is -1.96. The maximum atomic E-state index is 14.0. The lowest BCUT2D eigenvalue weighted by molar-refractivity contribution is -0.120.